The van der Waals surface area contributed by atoms with E-state index in [1.165, 1.54) is 6.92 Å². The van der Waals surface area contributed by atoms with Gasteiger partial charge in [0.1, 0.15) is 0 Å². The molecule has 0 aliphatic carbocycles. The van der Waals surface area contributed by atoms with Crippen molar-refractivity contribution in [2.75, 3.05) is 0 Å². The fourth-order valence-corrected chi connectivity index (χ4v) is 1.16. The zero-order valence-electron chi connectivity index (χ0n) is 7.12. The molecular weight excluding hydrogens is 232 g/mol. The lowest BCUT2D eigenvalue weighted by atomic mass is 10.2. The average molecular weight is 241 g/mol. The molecule has 0 saturated heterocycles. The van der Waals surface area contributed by atoms with Crippen molar-refractivity contribution in [3.05, 3.63) is 34.3 Å². The number of rotatable bonds is 2. The third-order valence-electron chi connectivity index (χ3n) is 1.33. The first-order valence-corrected chi connectivity index (χ1v) is 4.53. The van der Waals surface area contributed by atoms with E-state index < -0.39 is 0 Å². The second-order valence-electron chi connectivity index (χ2n) is 2.45. The van der Waals surface area contributed by atoms with Gasteiger partial charge in [-0.1, -0.05) is 34.1 Å². The summed E-state index contributed by atoms with van der Waals surface area (Å²) >= 11 is 3.36. The highest BCUT2D eigenvalue weighted by Crippen LogP contribution is 2.13. The van der Waals surface area contributed by atoms with Crippen molar-refractivity contribution in [3.63, 3.8) is 0 Å². The Labute approximate surface area is 85.0 Å². The molecule has 13 heavy (non-hydrogen) atoms. The summed E-state index contributed by atoms with van der Waals surface area (Å²) in [7, 11) is 0. The Kier molecular flexibility index (Phi) is 3.64. The normalized spacial score (nSPS) is 10.3. The molecule has 0 saturated carbocycles. The van der Waals surface area contributed by atoms with E-state index in [9.17, 15) is 4.79 Å². The standard InChI is InChI=1S/C9H9BrN2O/c1-7(13)12-11-6-8-4-2-3-5-9(8)10/h2-6H,1H3,(H,12,13). The van der Waals surface area contributed by atoms with Gasteiger partial charge >= 0.3 is 0 Å². The van der Waals surface area contributed by atoms with Crippen molar-refractivity contribution in [1.82, 2.24) is 5.43 Å². The lowest BCUT2D eigenvalue weighted by Gasteiger charge is -1.95. The van der Waals surface area contributed by atoms with Crippen molar-refractivity contribution >= 4 is 28.1 Å². The highest BCUT2D eigenvalue weighted by Gasteiger charge is 1.93. The molecule has 1 amide bonds. The van der Waals surface area contributed by atoms with Crippen LogP contribution in [0.15, 0.2) is 33.8 Å². The van der Waals surface area contributed by atoms with E-state index in [4.69, 9.17) is 0 Å². The molecule has 68 valence electrons. The Morgan fingerprint density at radius 2 is 2.23 bits per heavy atom. The predicted octanol–water partition coefficient (Wildman–Crippen LogP) is 1.92. The third kappa shape index (κ3) is 3.38. The molecule has 3 nitrogen and oxygen atoms in total. The fraction of sp³-hybridized carbons (Fsp3) is 0.111. The zero-order chi connectivity index (χ0) is 9.68. The number of hydrogen-bond acceptors (Lipinski definition) is 2. The monoisotopic (exact) mass is 240 g/mol. The minimum Gasteiger partial charge on any atom is -0.274 e. The minimum absolute atomic E-state index is 0.177. The molecule has 0 fully saturated rings. The maximum Gasteiger partial charge on any atom is 0.236 e. The third-order valence-corrected chi connectivity index (χ3v) is 2.05. The number of carbonyl (C=O) groups excluding carboxylic acids is 1. The van der Waals surface area contributed by atoms with Crippen LogP contribution in [-0.2, 0) is 4.79 Å². The number of hydrazone groups is 1. The summed E-state index contributed by atoms with van der Waals surface area (Å²) in [6.07, 6.45) is 1.59. The van der Waals surface area contributed by atoms with Crippen LogP contribution >= 0.6 is 15.9 Å². The van der Waals surface area contributed by atoms with E-state index in [-0.39, 0.29) is 5.91 Å². The van der Waals surface area contributed by atoms with E-state index in [0.29, 0.717) is 0 Å². The van der Waals surface area contributed by atoms with Crippen LogP contribution < -0.4 is 5.43 Å². The molecule has 4 heteroatoms. The van der Waals surface area contributed by atoms with Gasteiger partial charge in [-0.2, -0.15) is 5.10 Å². The molecule has 0 atom stereocenters. The molecule has 1 aromatic carbocycles. The molecule has 0 bridgehead atoms. The second-order valence-corrected chi connectivity index (χ2v) is 3.30. The van der Waals surface area contributed by atoms with Gasteiger partial charge in [-0.15, -0.1) is 0 Å². The number of nitrogens with one attached hydrogen (secondary N) is 1. The van der Waals surface area contributed by atoms with Crippen molar-refractivity contribution in [1.29, 1.82) is 0 Å². The summed E-state index contributed by atoms with van der Waals surface area (Å²) < 4.78 is 0.948. The average Bonchev–Trinajstić information content (AvgIpc) is 2.08. The SMILES string of the molecule is CC(=O)NN=Cc1ccccc1Br. The molecule has 0 heterocycles. The number of amides is 1. The van der Waals surface area contributed by atoms with Crippen molar-refractivity contribution < 1.29 is 4.79 Å². The second kappa shape index (κ2) is 4.77. The molecule has 0 aliphatic rings. The summed E-state index contributed by atoms with van der Waals surface area (Å²) in [4.78, 5) is 10.5. The largest absolute Gasteiger partial charge is 0.274 e. The number of nitrogens with zero attached hydrogens (tertiary/aromatic N) is 1. The Morgan fingerprint density at radius 3 is 2.85 bits per heavy atom. The van der Waals surface area contributed by atoms with Crippen LogP contribution in [-0.4, -0.2) is 12.1 Å². The smallest absolute Gasteiger partial charge is 0.236 e. The molecule has 0 spiro atoms. The highest BCUT2D eigenvalue weighted by molar-refractivity contribution is 9.10. The van der Waals surface area contributed by atoms with E-state index in [1.807, 2.05) is 24.3 Å². The summed E-state index contributed by atoms with van der Waals surface area (Å²) in [5.41, 5.74) is 3.26. The Morgan fingerprint density at radius 1 is 1.54 bits per heavy atom. The molecule has 0 unspecified atom stereocenters. The maximum atomic E-state index is 10.5. The Hall–Kier alpha value is -1.16. The zero-order valence-corrected chi connectivity index (χ0v) is 8.71. The lowest BCUT2D eigenvalue weighted by molar-refractivity contribution is -0.118. The molecule has 0 radical (unpaired) electrons. The summed E-state index contributed by atoms with van der Waals surface area (Å²) in [5.74, 6) is -0.177. The van der Waals surface area contributed by atoms with Crippen LogP contribution in [0.3, 0.4) is 0 Å². The molecular formula is C9H9BrN2O. The molecule has 0 aliphatic heterocycles. The van der Waals surface area contributed by atoms with Crippen LogP contribution in [0.25, 0.3) is 0 Å². The summed E-state index contributed by atoms with van der Waals surface area (Å²) in [6, 6.07) is 7.63. The number of halogens is 1. The van der Waals surface area contributed by atoms with Gasteiger partial charge in [0.15, 0.2) is 0 Å². The van der Waals surface area contributed by atoms with Gasteiger partial charge in [0.2, 0.25) is 5.91 Å². The number of benzene rings is 1. The van der Waals surface area contributed by atoms with Gasteiger partial charge in [0, 0.05) is 17.0 Å². The van der Waals surface area contributed by atoms with Gasteiger partial charge < -0.3 is 0 Å². The number of carbonyl (C=O) groups is 1. The van der Waals surface area contributed by atoms with Crippen LogP contribution in [0.4, 0.5) is 0 Å². The van der Waals surface area contributed by atoms with E-state index in [2.05, 4.69) is 26.5 Å². The van der Waals surface area contributed by atoms with E-state index in [0.717, 1.165) is 10.0 Å². The first-order chi connectivity index (χ1) is 6.20. The molecule has 1 N–H and O–H groups in total. The van der Waals surface area contributed by atoms with Crippen LogP contribution in [0.1, 0.15) is 12.5 Å². The maximum absolute atomic E-state index is 10.5. The fourth-order valence-electron chi connectivity index (χ4n) is 0.773. The summed E-state index contributed by atoms with van der Waals surface area (Å²) in [6.45, 7) is 1.41. The molecule has 0 aromatic heterocycles. The first-order valence-electron chi connectivity index (χ1n) is 3.74. The first kappa shape index (κ1) is 9.92. The van der Waals surface area contributed by atoms with Crippen molar-refractivity contribution in [2.24, 2.45) is 5.10 Å². The van der Waals surface area contributed by atoms with Gasteiger partial charge in [-0.3, -0.25) is 4.79 Å². The Bertz CT molecular complexity index is 336. The van der Waals surface area contributed by atoms with Gasteiger partial charge in [0.25, 0.3) is 0 Å². The van der Waals surface area contributed by atoms with Gasteiger partial charge in [-0.25, -0.2) is 5.43 Å². The molecule has 1 aromatic rings. The van der Waals surface area contributed by atoms with Gasteiger partial charge in [0.05, 0.1) is 6.21 Å². The minimum atomic E-state index is -0.177. The van der Waals surface area contributed by atoms with Crippen molar-refractivity contribution in [3.8, 4) is 0 Å². The highest BCUT2D eigenvalue weighted by atomic mass is 79.9. The number of hydrogen-bond donors (Lipinski definition) is 1. The van der Waals surface area contributed by atoms with Gasteiger partial charge in [-0.05, 0) is 6.07 Å². The van der Waals surface area contributed by atoms with Crippen molar-refractivity contribution in [2.45, 2.75) is 6.92 Å². The Balaban J connectivity index is 2.68. The van der Waals surface area contributed by atoms with Crippen LogP contribution in [0.2, 0.25) is 0 Å². The quantitative estimate of drug-likeness (QED) is 0.623. The lowest BCUT2D eigenvalue weighted by Crippen LogP contribution is -2.12. The van der Waals surface area contributed by atoms with E-state index in [1.54, 1.807) is 6.21 Å². The molecule has 1 rings (SSSR count). The summed E-state index contributed by atoms with van der Waals surface area (Å²) in [5, 5.41) is 3.75. The van der Waals surface area contributed by atoms with Crippen LogP contribution in [0.5, 0.6) is 0 Å². The van der Waals surface area contributed by atoms with Crippen LogP contribution in [0, 0.1) is 0 Å². The predicted molar refractivity (Wildman–Crippen MR) is 55.6 cm³/mol. The van der Waals surface area contributed by atoms with E-state index >= 15 is 0 Å². The topological polar surface area (TPSA) is 41.5 Å².